The van der Waals surface area contributed by atoms with Gasteiger partial charge in [0.2, 0.25) is 11.8 Å². The van der Waals surface area contributed by atoms with Crippen LogP contribution in [0.5, 0.6) is 0 Å². The van der Waals surface area contributed by atoms with Crippen LogP contribution in [0.4, 0.5) is 0 Å². The van der Waals surface area contributed by atoms with Crippen LogP contribution >= 0.6 is 31.9 Å². The summed E-state index contributed by atoms with van der Waals surface area (Å²) in [5.74, 6) is -2.34. The van der Waals surface area contributed by atoms with E-state index in [9.17, 15) is 19.5 Å². The molecule has 25 heavy (non-hydrogen) atoms. The third-order valence-electron chi connectivity index (χ3n) is 5.89. The van der Waals surface area contributed by atoms with E-state index in [-0.39, 0.29) is 51.6 Å². The standard InChI is InChI=1S/C18H17Br2NO4/c19-14-9-7-10(15(14)20)13-12(9)16(22)21(17(13)23)11(18(24)25)6-8-4-2-1-3-5-8/h1-5,9-15H,6-7H2,(H,24,25)/t9-,10-,11-,12-,13+,14-,15+/m0/s1. The molecule has 2 aliphatic carbocycles. The molecule has 3 aliphatic rings. The average Bonchev–Trinajstić information content (AvgIpc) is 3.19. The second-order valence-corrected chi connectivity index (χ2v) is 9.21. The normalized spacial score (nSPS) is 37.4. The van der Waals surface area contributed by atoms with E-state index in [0.717, 1.165) is 16.9 Å². The molecule has 0 aromatic heterocycles. The van der Waals surface area contributed by atoms with E-state index in [0.29, 0.717) is 0 Å². The number of benzene rings is 1. The quantitative estimate of drug-likeness (QED) is 0.541. The van der Waals surface area contributed by atoms with Gasteiger partial charge in [-0.1, -0.05) is 62.2 Å². The first-order valence-corrected chi connectivity index (χ1v) is 10.2. The molecule has 1 saturated heterocycles. The lowest BCUT2D eigenvalue weighted by atomic mass is 9.81. The van der Waals surface area contributed by atoms with Gasteiger partial charge >= 0.3 is 5.97 Å². The molecule has 1 aromatic rings. The fourth-order valence-corrected chi connectivity index (χ4v) is 6.68. The number of hydrogen-bond donors (Lipinski definition) is 1. The number of carboxylic acid groups (broad SMARTS) is 1. The molecule has 5 nitrogen and oxygen atoms in total. The van der Waals surface area contributed by atoms with E-state index in [1.165, 1.54) is 0 Å². The minimum absolute atomic E-state index is 0.0898. The average molecular weight is 471 g/mol. The molecule has 7 atom stereocenters. The number of alkyl halides is 2. The molecule has 1 N–H and O–H groups in total. The molecule has 4 rings (SSSR count). The van der Waals surface area contributed by atoms with Gasteiger partial charge in [-0.3, -0.25) is 14.5 Å². The zero-order valence-electron chi connectivity index (χ0n) is 13.2. The van der Waals surface area contributed by atoms with E-state index < -0.39 is 12.0 Å². The Morgan fingerprint density at radius 1 is 1.08 bits per heavy atom. The monoisotopic (exact) mass is 469 g/mol. The Morgan fingerprint density at radius 2 is 1.60 bits per heavy atom. The van der Waals surface area contributed by atoms with Crippen LogP contribution in [-0.2, 0) is 20.8 Å². The van der Waals surface area contributed by atoms with Gasteiger partial charge in [0.25, 0.3) is 0 Å². The third kappa shape index (κ3) is 2.50. The summed E-state index contributed by atoms with van der Waals surface area (Å²) in [6.45, 7) is 0. The van der Waals surface area contributed by atoms with Crippen molar-refractivity contribution < 1.29 is 19.5 Å². The lowest BCUT2D eigenvalue weighted by Gasteiger charge is -2.28. The van der Waals surface area contributed by atoms with E-state index >= 15 is 0 Å². The van der Waals surface area contributed by atoms with Crippen LogP contribution < -0.4 is 0 Å². The number of halogens is 2. The fourth-order valence-electron chi connectivity index (χ4n) is 4.81. The molecule has 7 heteroatoms. The molecule has 2 amide bonds. The van der Waals surface area contributed by atoms with Gasteiger partial charge < -0.3 is 5.11 Å². The van der Waals surface area contributed by atoms with Crippen LogP contribution in [-0.4, -0.2) is 43.5 Å². The molecule has 1 aromatic carbocycles. The molecule has 0 unspecified atom stereocenters. The van der Waals surface area contributed by atoms with Crippen LogP contribution in [0.2, 0.25) is 0 Å². The van der Waals surface area contributed by atoms with Crippen molar-refractivity contribution in [2.45, 2.75) is 28.5 Å². The Labute approximate surface area is 162 Å². The summed E-state index contributed by atoms with van der Waals surface area (Å²) in [7, 11) is 0. The second kappa shape index (κ2) is 6.20. The van der Waals surface area contributed by atoms with E-state index in [1.807, 2.05) is 30.3 Å². The number of carbonyl (C=O) groups is 3. The highest BCUT2D eigenvalue weighted by atomic mass is 79.9. The first-order valence-electron chi connectivity index (χ1n) is 8.33. The molecule has 1 heterocycles. The van der Waals surface area contributed by atoms with Gasteiger partial charge in [-0.05, 0) is 23.8 Å². The van der Waals surface area contributed by atoms with E-state index in [2.05, 4.69) is 31.9 Å². The van der Waals surface area contributed by atoms with Crippen LogP contribution in [0.1, 0.15) is 12.0 Å². The van der Waals surface area contributed by atoms with Gasteiger partial charge in [-0.25, -0.2) is 4.79 Å². The second-order valence-electron chi connectivity index (χ2n) is 7.09. The largest absolute Gasteiger partial charge is 0.480 e. The van der Waals surface area contributed by atoms with Gasteiger partial charge in [-0.2, -0.15) is 0 Å². The van der Waals surface area contributed by atoms with Gasteiger partial charge in [0.15, 0.2) is 0 Å². The Bertz CT molecular complexity index is 708. The number of imide groups is 1. The number of fused-ring (bicyclic) bond motifs is 5. The summed E-state index contributed by atoms with van der Waals surface area (Å²) < 4.78 is 0. The molecule has 0 spiro atoms. The molecule has 2 bridgehead atoms. The van der Waals surface area contributed by atoms with Crippen molar-refractivity contribution in [3.05, 3.63) is 35.9 Å². The molecular weight excluding hydrogens is 454 g/mol. The lowest BCUT2D eigenvalue weighted by Crippen LogP contribution is -2.47. The van der Waals surface area contributed by atoms with Crippen molar-refractivity contribution in [3.63, 3.8) is 0 Å². The van der Waals surface area contributed by atoms with Crippen LogP contribution in [0.3, 0.4) is 0 Å². The topological polar surface area (TPSA) is 74.7 Å². The summed E-state index contributed by atoms with van der Waals surface area (Å²) in [6.07, 6.45) is 0.973. The van der Waals surface area contributed by atoms with Crippen molar-refractivity contribution in [1.29, 1.82) is 0 Å². The SMILES string of the molecule is O=C(O)[C@H](Cc1ccccc1)N1C(=O)[C@@H]2[C@@H]3C[C@H]([C@H](Br)[C@@H]3Br)[C@@H]2C1=O. The number of carboxylic acids is 1. The highest BCUT2D eigenvalue weighted by molar-refractivity contribution is 9.12. The van der Waals surface area contributed by atoms with Crippen molar-refractivity contribution in [2.24, 2.45) is 23.7 Å². The predicted octanol–water partition coefficient (Wildman–Crippen LogP) is 2.46. The minimum atomic E-state index is -1.14. The summed E-state index contributed by atoms with van der Waals surface area (Å²) in [6, 6.07) is 7.97. The third-order valence-corrected chi connectivity index (χ3v) is 9.10. The number of likely N-dealkylation sites (tertiary alicyclic amines) is 1. The molecular formula is C18H17Br2NO4. The maximum atomic E-state index is 13.0. The maximum Gasteiger partial charge on any atom is 0.327 e. The van der Waals surface area contributed by atoms with Crippen molar-refractivity contribution in [3.8, 4) is 0 Å². The van der Waals surface area contributed by atoms with E-state index in [4.69, 9.17) is 0 Å². The Morgan fingerprint density at radius 3 is 2.08 bits per heavy atom. The molecule has 3 fully saturated rings. The van der Waals surface area contributed by atoms with Crippen LogP contribution in [0, 0.1) is 23.7 Å². The van der Waals surface area contributed by atoms with Crippen molar-refractivity contribution in [2.75, 3.05) is 0 Å². The highest BCUT2D eigenvalue weighted by Crippen LogP contribution is 2.60. The van der Waals surface area contributed by atoms with E-state index in [1.54, 1.807) is 0 Å². The smallest absolute Gasteiger partial charge is 0.327 e. The number of carbonyl (C=O) groups excluding carboxylic acids is 2. The molecule has 2 saturated carbocycles. The Kier molecular flexibility index (Phi) is 4.27. The van der Waals surface area contributed by atoms with Gasteiger partial charge in [-0.15, -0.1) is 0 Å². The number of rotatable bonds is 4. The lowest BCUT2D eigenvalue weighted by molar-refractivity contribution is -0.155. The molecule has 1 aliphatic heterocycles. The first kappa shape index (κ1) is 17.2. The summed E-state index contributed by atoms with van der Waals surface area (Å²) in [5.41, 5.74) is 0.798. The highest BCUT2D eigenvalue weighted by Gasteiger charge is 2.67. The zero-order valence-corrected chi connectivity index (χ0v) is 16.4. The Balaban J connectivity index is 1.65. The molecule has 0 radical (unpaired) electrons. The van der Waals surface area contributed by atoms with Gasteiger partial charge in [0, 0.05) is 16.1 Å². The summed E-state index contributed by atoms with van der Waals surface area (Å²) in [4.78, 5) is 39.1. The van der Waals surface area contributed by atoms with Crippen LogP contribution in [0.25, 0.3) is 0 Å². The summed E-state index contributed by atoms with van der Waals surface area (Å²) >= 11 is 7.28. The van der Waals surface area contributed by atoms with Gasteiger partial charge in [0.05, 0.1) is 11.8 Å². The maximum absolute atomic E-state index is 13.0. The summed E-state index contributed by atoms with van der Waals surface area (Å²) in [5, 5.41) is 9.68. The number of hydrogen-bond acceptors (Lipinski definition) is 3. The first-order chi connectivity index (χ1) is 11.9. The fraction of sp³-hybridized carbons (Fsp3) is 0.500. The number of aliphatic carboxylic acids is 1. The zero-order chi connectivity index (χ0) is 17.9. The van der Waals surface area contributed by atoms with Crippen molar-refractivity contribution in [1.82, 2.24) is 4.90 Å². The molecule has 132 valence electrons. The van der Waals surface area contributed by atoms with Gasteiger partial charge in [0.1, 0.15) is 6.04 Å². The minimum Gasteiger partial charge on any atom is -0.480 e. The van der Waals surface area contributed by atoms with Crippen molar-refractivity contribution >= 4 is 49.6 Å². The predicted molar refractivity (Wildman–Crippen MR) is 97.4 cm³/mol. The van der Waals surface area contributed by atoms with Crippen LogP contribution in [0.15, 0.2) is 30.3 Å². The number of amides is 2. The number of nitrogens with zero attached hydrogens (tertiary/aromatic N) is 1. The Hall–Kier alpha value is -1.21.